The fourth-order valence-electron chi connectivity index (χ4n) is 1.71. The summed E-state index contributed by atoms with van der Waals surface area (Å²) in [4.78, 5) is 11.7. The summed E-state index contributed by atoms with van der Waals surface area (Å²) in [6.07, 6.45) is -0.516. The van der Waals surface area contributed by atoms with E-state index in [1.807, 2.05) is 0 Å². The minimum atomic E-state index is -4.01. The maximum Gasteiger partial charge on any atom is 0.338 e. The van der Waals surface area contributed by atoms with E-state index in [0.29, 0.717) is 13.2 Å². The lowest BCUT2D eigenvalue weighted by atomic mass is 10.2. The summed E-state index contributed by atoms with van der Waals surface area (Å²) in [6.45, 7) is 4.21. The fourth-order valence-corrected chi connectivity index (χ4v) is 2.40. The van der Waals surface area contributed by atoms with Crippen LogP contribution in [0.25, 0.3) is 0 Å². The van der Waals surface area contributed by atoms with Crippen LogP contribution >= 0.6 is 0 Å². The molecule has 0 aliphatic carbocycles. The van der Waals surface area contributed by atoms with E-state index in [-0.39, 0.29) is 28.4 Å². The highest BCUT2D eigenvalue weighted by molar-refractivity contribution is 7.89. The van der Waals surface area contributed by atoms with Crippen LogP contribution in [0, 0.1) is 0 Å². The zero-order chi connectivity index (χ0) is 15.6. The highest BCUT2D eigenvalue weighted by Gasteiger charge is 2.25. The van der Waals surface area contributed by atoms with Gasteiger partial charge in [-0.15, -0.1) is 0 Å². The number of ether oxygens (including phenoxy) is 3. The average Bonchev–Trinajstić information content (AvgIpc) is 2.32. The zero-order valence-electron chi connectivity index (χ0n) is 11.7. The third kappa shape index (κ3) is 3.93. The molecule has 0 radical (unpaired) electrons. The number of rotatable bonds is 5. The molecule has 0 aromatic heterocycles. The molecule has 1 aliphatic heterocycles. The molecule has 7 nitrogen and oxygen atoms in total. The first-order valence-corrected chi connectivity index (χ1v) is 7.94. The molecular weight excluding hydrogens is 298 g/mol. The second-order valence-electron chi connectivity index (χ2n) is 4.94. The van der Waals surface area contributed by atoms with Gasteiger partial charge in [-0.3, -0.25) is 0 Å². The lowest BCUT2D eigenvalue weighted by molar-refractivity contribution is -0.103. The Hall–Kier alpha value is -1.64. The fraction of sp³-hybridized carbons (Fsp3) is 0.462. The molecule has 1 saturated heterocycles. The molecule has 8 heteroatoms. The number of hydrogen-bond acceptors (Lipinski definition) is 6. The van der Waals surface area contributed by atoms with Crippen LogP contribution in [-0.2, 0) is 19.5 Å². The van der Waals surface area contributed by atoms with Gasteiger partial charge in [0.25, 0.3) is 0 Å². The Kier molecular flexibility index (Phi) is 4.50. The molecule has 0 saturated carbocycles. The second-order valence-corrected chi connectivity index (χ2v) is 6.47. The molecule has 116 valence electrons. The van der Waals surface area contributed by atoms with Crippen LogP contribution in [0.15, 0.2) is 23.1 Å². The van der Waals surface area contributed by atoms with Gasteiger partial charge in [0.1, 0.15) is 16.7 Å². The first-order valence-electron chi connectivity index (χ1n) is 6.39. The Balaban J connectivity index is 2.29. The lowest BCUT2D eigenvalue weighted by Gasteiger charge is -2.25. The SMILES string of the molecule is CC(C)Oc1ccc(C(=O)OC2COC2)cc1S(N)(=O)=O. The van der Waals surface area contributed by atoms with Crippen LogP contribution in [0.3, 0.4) is 0 Å². The van der Waals surface area contributed by atoms with Crippen molar-refractivity contribution in [1.29, 1.82) is 0 Å². The number of nitrogens with two attached hydrogens (primary N) is 1. The Morgan fingerprint density at radius 1 is 1.38 bits per heavy atom. The quantitative estimate of drug-likeness (QED) is 0.801. The number of primary sulfonamides is 1. The van der Waals surface area contributed by atoms with E-state index in [4.69, 9.17) is 19.3 Å². The number of sulfonamides is 1. The van der Waals surface area contributed by atoms with Gasteiger partial charge in [0, 0.05) is 0 Å². The van der Waals surface area contributed by atoms with Crippen molar-refractivity contribution >= 4 is 16.0 Å². The number of benzene rings is 1. The van der Waals surface area contributed by atoms with E-state index in [0.717, 1.165) is 6.07 Å². The van der Waals surface area contributed by atoms with E-state index in [9.17, 15) is 13.2 Å². The van der Waals surface area contributed by atoms with E-state index in [1.165, 1.54) is 12.1 Å². The Morgan fingerprint density at radius 3 is 2.52 bits per heavy atom. The van der Waals surface area contributed by atoms with Crippen LogP contribution < -0.4 is 9.88 Å². The molecule has 0 amide bonds. The Morgan fingerprint density at radius 2 is 2.05 bits per heavy atom. The largest absolute Gasteiger partial charge is 0.490 e. The summed E-state index contributed by atoms with van der Waals surface area (Å²) < 4.78 is 38.7. The van der Waals surface area contributed by atoms with Gasteiger partial charge in [0.2, 0.25) is 10.0 Å². The topological polar surface area (TPSA) is 105 Å². The highest BCUT2D eigenvalue weighted by atomic mass is 32.2. The molecule has 1 aromatic carbocycles. The first kappa shape index (κ1) is 15.7. The molecule has 0 spiro atoms. The van der Waals surface area contributed by atoms with Crippen LogP contribution in [0.2, 0.25) is 0 Å². The van der Waals surface area contributed by atoms with Crippen molar-refractivity contribution in [3.05, 3.63) is 23.8 Å². The van der Waals surface area contributed by atoms with Gasteiger partial charge in [-0.2, -0.15) is 0 Å². The normalized spacial score (nSPS) is 15.6. The van der Waals surface area contributed by atoms with Gasteiger partial charge in [0.15, 0.2) is 0 Å². The molecule has 1 heterocycles. The predicted octanol–water partition coefficient (Wildman–Crippen LogP) is 0.677. The van der Waals surface area contributed by atoms with Crippen molar-refractivity contribution in [3.8, 4) is 5.75 Å². The summed E-state index contributed by atoms with van der Waals surface area (Å²) in [7, 11) is -4.01. The van der Waals surface area contributed by atoms with Crippen molar-refractivity contribution in [1.82, 2.24) is 0 Å². The summed E-state index contributed by atoms with van der Waals surface area (Å²) in [5.41, 5.74) is 0.0991. The molecule has 1 aliphatic rings. The summed E-state index contributed by atoms with van der Waals surface area (Å²) >= 11 is 0. The van der Waals surface area contributed by atoms with Gasteiger partial charge in [0.05, 0.1) is 24.9 Å². The summed E-state index contributed by atoms with van der Waals surface area (Å²) in [5.74, 6) is -0.514. The van der Waals surface area contributed by atoms with E-state index in [2.05, 4.69) is 0 Å². The van der Waals surface area contributed by atoms with Crippen molar-refractivity contribution in [3.63, 3.8) is 0 Å². The van der Waals surface area contributed by atoms with E-state index in [1.54, 1.807) is 13.8 Å². The number of carbonyl (C=O) groups is 1. The number of hydrogen-bond donors (Lipinski definition) is 1. The summed E-state index contributed by atoms with van der Waals surface area (Å²) in [5, 5.41) is 5.16. The molecular formula is C13H17NO6S. The van der Waals surface area contributed by atoms with E-state index >= 15 is 0 Å². The number of carbonyl (C=O) groups excluding carboxylic acids is 1. The molecule has 21 heavy (non-hydrogen) atoms. The molecule has 0 bridgehead atoms. The van der Waals surface area contributed by atoms with Crippen molar-refractivity contribution in [2.45, 2.75) is 31.0 Å². The molecule has 1 aromatic rings. The minimum Gasteiger partial charge on any atom is -0.490 e. The summed E-state index contributed by atoms with van der Waals surface area (Å²) in [6, 6.07) is 4.00. The lowest BCUT2D eigenvalue weighted by Crippen LogP contribution is -2.37. The Bertz CT molecular complexity index is 636. The molecule has 0 unspecified atom stereocenters. The zero-order valence-corrected chi connectivity index (χ0v) is 12.6. The van der Waals surface area contributed by atoms with Gasteiger partial charge in [-0.1, -0.05) is 0 Å². The minimum absolute atomic E-state index is 0.0991. The van der Waals surface area contributed by atoms with Gasteiger partial charge in [-0.05, 0) is 32.0 Å². The van der Waals surface area contributed by atoms with Crippen LogP contribution in [-0.4, -0.2) is 39.8 Å². The maximum absolute atomic E-state index is 11.9. The number of esters is 1. The van der Waals surface area contributed by atoms with Gasteiger partial charge >= 0.3 is 5.97 Å². The van der Waals surface area contributed by atoms with Crippen molar-refractivity contribution in [2.24, 2.45) is 5.14 Å². The molecule has 2 N–H and O–H groups in total. The Labute approximate surface area is 123 Å². The third-order valence-corrected chi connectivity index (χ3v) is 3.66. The van der Waals surface area contributed by atoms with Gasteiger partial charge < -0.3 is 14.2 Å². The standard InChI is InChI=1S/C13H17NO6S/c1-8(2)19-11-4-3-9(5-12(11)21(14,16)17)13(15)20-10-6-18-7-10/h3-5,8,10H,6-7H2,1-2H3,(H2,14,16,17). The van der Waals surface area contributed by atoms with Crippen LogP contribution in [0.1, 0.15) is 24.2 Å². The van der Waals surface area contributed by atoms with Crippen LogP contribution in [0.4, 0.5) is 0 Å². The average molecular weight is 315 g/mol. The predicted molar refractivity (Wildman–Crippen MR) is 73.6 cm³/mol. The molecule has 0 atom stereocenters. The smallest absolute Gasteiger partial charge is 0.338 e. The molecule has 1 fully saturated rings. The maximum atomic E-state index is 11.9. The van der Waals surface area contributed by atoms with E-state index < -0.39 is 16.0 Å². The second kappa shape index (κ2) is 6.00. The van der Waals surface area contributed by atoms with Crippen molar-refractivity contribution < 1.29 is 27.4 Å². The molecule has 2 rings (SSSR count). The van der Waals surface area contributed by atoms with Crippen molar-refractivity contribution in [2.75, 3.05) is 13.2 Å². The third-order valence-electron chi connectivity index (χ3n) is 2.73. The highest BCUT2D eigenvalue weighted by Crippen LogP contribution is 2.26. The van der Waals surface area contributed by atoms with Gasteiger partial charge in [-0.25, -0.2) is 18.4 Å². The van der Waals surface area contributed by atoms with Crippen LogP contribution in [0.5, 0.6) is 5.75 Å². The first-order chi connectivity index (χ1) is 9.77. The monoisotopic (exact) mass is 315 g/mol.